The molecule has 20 heavy (non-hydrogen) atoms. The van der Waals surface area contributed by atoms with E-state index in [4.69, 9.17) is 10.5 Å². The zero-order valence-electron chi connectivity index (χ0n) is 11.1. The number of carbonyl (C=O) groups is 1. The van der Waals surface area contributed by atoms with Gasteiger partial charge in [0.25, 0.3) is 0 Å². The predicted octanol–water partition coefficient (Wildman–Crippen LogP) is 3.04. The highest BCUT2D eigenvalue weighted by molar-refractivity contribution is 5.69. The summed E-state index contributed by atoms with van der Waals surface area (Å²) in [5.41, 5.74) is 4.43. The minimum Gasteiger partial charge on any atom is -0.466 e. The van der Waals surface area contributed by atoms with Crippen molar-refractivity contribution in [1.82, 2.24) is 0 Å². The Bertz CT molecular complexity index is 461. The van der Waals surface area contributed by atoms with Gasteiger partial charge in [-0.2, -0.15) is 13.2 Å². The monoisotopic (exact) mass is 290 g/mol. The summed E-state index contributed by atoms with van der Waals surface area (Å²) in [5.74, 6) is -0.317. The number of carbonyl (C=O) groups excluding carboxylic acids is 1. The van der Waals surface area contributed by atoms with Gasteiger partial charge in [0.2, 0.25) is 0 Å². The number of nitrogen functional groups attached to an aromatic ring is 1. The van der Waals surface area contributed by atoms with E-state index in [1.165, 1.54) is 12.1 Å². The molecular weight excluding hydrogens is 273 g/mol. The van der Waals surface area contributed by atoms with Crippen LogP contribution in [0, 0.1) is 0 Å². The van der Waals surface area contributed by atoms with Crippen molar-refractivity contribution in [3.05, 3.63) is 23.8 Å². The zero-order valence-corrected chi connectivity index (χ0v) is 11.1. The second kappa shape index (κ2) is 7.02. The van der Waals surface area contributed by atoms with Crippen LogP contribution in [0.15, 0.2) is 18.2 Å². The van der Waals surface area contributed by atoms with Gasteiger partial charge in [0, 0.05) is 24.3 Å². The molecule has 0 saturated carbocycles. The Morgan fingerprint density at radius 3 is 2.70 bits per heavy atom. The van der Waals surface area contributed by atoms with E-state index in [-0.39, 0.29) is 18.1 Å². The Morgan fingerprint density at radius 2 is 2.10 bits per heavy atom. The first kappa shape index (κ1) is 16.1. The molecule has 0 bridgehead atoms. The van der Waals surface area contributed by atoms with E-state index in [2.05, 4.69) is 5.32 Å². The van der Waals surface area contributed by atoms with Crippen molar-refractivity contribution >= 4 is 17.3 Å². The largest absolute Gasteiger partial charge is 0.466 e. The Kier molecular flexibility index (Phi) is 5.66. The van der Waals surface area contributed by atoms with E-state index in [1.54, 1.807) is 6.92 Å². The van der Waals surface area contributed by atoms with E-state index < -0.39 is 11.7 Å². The summed E-state index contributed by atoms with van der Waals surface area (Å²) in [5, 5.41) is 2.82. The number of benzene rings is 1. The van der Waals surface area contributed by atoms with Crippen molar-refractivity contribution in [2.45, 2.75) is 25.9 Å². The summed E-state index contributed by atoms with van der Waals surface area (Å²) in [6.45, 7) is 2.41. The zero-order chi connectivity index (χ0) is 15.2. The van der Waals surface area contributed by atoms with E-state index >= 15 is 0 Å². The number of hydrogen-bond donors (Lipinski definition) is 2. The van der Waals surface area contributed by atoms with Crippen LogP contribution in [-0.2, 0) is 15.7 Å². The van der Waals surface area contributed by atoms with Gasteiger partial charge < -0.3 is 15.8 Å². The highest BCUT2D eigenvalue weighted by Crippen LogP contribution is 2.35. The number of hydrogen-bond acceptors (Lipinski definition) is 4. The molecule has 3 N–H and O–H groups in total. The minimum atomic E-state index is -4.48. The third-order valence-electron chi connectivity index (χ3n) is 2.55. The number of anilines is 2. The fourth-order valence-corrected chi connectivity index (χ4v) is 1.61. The maximum absolute atomic E-state index is 12.6. The van der Waals surface area contributed by atoms with Gasteiger partial charge in [-0.25, -0.2) is 0 Å². The Hall–Kier alpha value is -1.92. The lowest BCUT2D eigenvalue weighted by Crippen LogP contribution is -2.11. The molecule has 1 aromatic rings. The minimum absolute atomic E-state index is 0.224. The standard InChI is InChI=1S/C13H17F3N2O2/c1-2-20-12(19)4-3-7-18-9-5-6-11(17)10(8-9)13(14,15)16/h5-6,8,18H,2-4,7,17H2,1H3. The van der Waals surface area contributed by atoms with Crippen LogP contribution in [0.1, 0.15) is 25.3 Å². The quantitative estimate of drug-likeness (QED) is 0.480. The van der Waals surface area contributed by atoms with E-state index in [0.717, 1.165) is 6.07 Å². The Labute approximate surface area is 115 Å². The van der Waals surface area contributed by atoms with Crippen LogP contribution >= 0.6 is 0 Å². The summed E-state index contributed by atoms with van der Waals surface area (Å²) in [4.78, 5) is 11.1. The SMILES string of the molecule is CCOC(=O)CCCNc1ccc(N)c(C(F)(F)F)c1. The third kappa shape index (κ3) is 4.99. The fourth-order valence-electron chi connectivity index (χ4n) is 1.61. The van der Waals surface area contributed by atoms with Crippen LogP contribution in [0.4, 0.5) is 24.5 Å². The van der Waals surface area contributed by atoms with Gasteiger partial charge in [0.15, 0.2) is 0 Å². The molecule has 0 heterocycles. The number of ether oxygens (including phenoxy) is 1. The molecule has 0 unspecified atom stereocenters. The number of nitrogens with two attached hydrogens (primary N) is 1. The second-order valence-corrected chi connectivity index (χ2v) is 4.14. The van der Waals surface area contributed by atoms with Crippen LogP contribution < -0.4 is 11.1 Å². The first-order valence-corrected chi connectivity index (χ1v) is 6.20. The lowest BCUT2D eigenvalue weighted by molar-refractivity contribution is -0.143. The maximum atomic E-state index is 12.6. The second-order valence-electron chi connectivity index (χ2n) is 4.14. The molecular formula is C13H17F3N2O2. The number of nitrogens with one attached hydrogen (secondary N) is 1. The first-order chi connectivity index (χ1) is 9.34. The summed E-state index contributed by atoms with van der Waals surface area (Å²) < 4.78 is 42.7. The van der Waals surface area contributed by atoms with E-state index in [0.29, 0.717) is 25.3 Å². The Morgan fingerprint density at radius 1 is 1.40 bits per heavy atom. The molecule has 0 aliphatic carbocycles. The maximum Gasteiger partial charge on any atom is 0.418 e. The van der Waals surface area contributed by atoms with Crippen LogP contribution in [0.5, 0.6) is 0 Å². The highest BCUT2D eigenvalue weighted by atomic mass is 19.4. The normalized spacial score (nSPS) is 11.2. The first-order valence-electron chi connectivity index (χ1n) is 6.20. The van der Waals surface area contributed by atoms with Crippen molar-refractivity contribution in [2.75, 3.05) is 24.2 Å². The smallest absolute Gasteiger partial charge is 0.418 e. The van der Waals surface area contributed by atoms with Crippen LogP contribution in [-0.4, -0.2) is 19.1 Å². The van der Waals surface area contributed by atoms with Crippen LogP contribution in [0.2, 0.25) is 0 Å². The predicted molar refractivity (Wildman–Crippen MR) is 70.2 cm³/mol. The molecule has 4 nitrogen and oxygen atoms in total. The summed E-state index contributed by atoms with van der Waals surface area (Å²) in [7, 11) is 0. The molecule has 112 valence electrons. The molecule has 0 atom stereocenters. The summed E-state index contributed by atoms with van der Waals surface area (Å²) >= 11 is 0. The van der Waals surface area contributed by atoms with Gasteiger partial charge in [0.05, 0.1) is 12.2 Å². The molecule has 0 amide bonds. The van der Waals surface area contributed by atoms with Gasteiger partial charge in [-0.05, 0) is 31.5 Å². The average Bonchev–Trinajstić information content (AvgIpc) is 2.35. The topological polar surface area (TPSA) is 64.3 Å². The molecule has 0 aromatic heterocycles. The number of halogens is 3. The number of esters is 1. The molecule has 0 spiro atoms. The lowest BCUT2D eigenvalue weighted by Gasteiger charge is -2.13. The molecule has 1 aromatic carbocycles. The number of alkyl halides is 3. The molecule has 7 heteroatoms. The molecule has 0 saturated heterocycles. The van der Waals surface area contributed by atoms with Crippen molar-refractivity contribution in [2.24, 2.45) is 0 Å². The van der Waals surface area contributed by atoms with Crippen molar-refractivity contribution in [1.29, 1.82) is 0 Å². The highest BCUT2D eigenvalue weighted by Gasteiger charge is 2.33. The van der Waals surface area contributed by atoms with Gasteiger partial charge in [-0.1, -0.05) is 0 Å². The molecule has 1 rings (SSSR count). The molecule has 0 radical (unpaired) electrons. The summed E-state index contributed by atoms with van der Waals surface area (Å²) in [6, 6.07) is 3.63. The average molecular weight is 290 g/mol. The lowest BCUT2D eigenvalue weighted by atomic mass is 10.1. The molecule has 0 aliphatic rings. The summed E-state index contributed by atoms with van der Waals surface area (Å²) in [6.07, 6.45) is -3.78. The fraction of sp³-hybridized carbons (Fsp3) is 0.462. The van der Waals surface area contributed by atoms with Crippen LogP contribution in [0.25, 0.3) is 0 Å². The van der Waals surface area contributed by atoms with Gasteiger partial charge in [-0.3, -0.25) is 4.79 Å². The van der Waals surface area contributed by atoms with Crippen molar-refractivity contribution in [3.8, 4) is 0 Å². The van der Waals surface area contributed by atoms with Crippen molar-refractivity contribution in [3.63, 3.8) is 0 Å². The third-order valence-corrected chi connectivity index (χ3v) is 2.55. The molecule has 0 aliphatic heterocycles. The van der Waals surface area contributed by atoms with Crippen molar-refractivity contribution < 1.29 is 22.7 Å². The van der Waals surface area contributed by atoms with Gasteiger partial charge in [-0.15, -0.1) is 0 Å². The Balaban J connectivity index is 2.51. The van der Waals surface area contributed by atoms with E-state index in [1.807, 2.05) is 0 Å². The van der Waals surface area contributed by atoms with E-state index in [9.17, 15) is 18.0 Å². The van der Waals surface area contributed by atoms with Gasteiger partial charge in [0.1, 0.15) is 0 Å². The number of rotatable bonds is 6. The van der Waals surface area contributed by atoms with Crippen LogP contribution in [0.3, 0.4) is 0 Å². The van der Waals surface area contributed by atoms with Gasteiger partial charge >= 0.3 is 12.1 Å². The molecule has 0 fully saturated rings.